The molecule has 0 saturated carbocycles. The van der Waals surface area contributed by atoms with Crippen LogP contribution in [0.15, 0.2) is 80.0 Å². The molecule has 0 saturated heterocycles. The summed E-state index contributed by atoms with van der Waals surface area (Å²) < 4.78 is 14.8. The van der Waals surface area contributed by atoms with Gasteiger partial charge in [-0.05, 0) is 98.1 Å². The first-order valence-corrected chi connectivity index (χ1v) is 13.6. The van der Waals surface area contributed by atoms with E-state index < -0.39 is 0 Å². The summed E-state index contributed by atoms with van der Waals surface area (Å²) >= 11 is 17.2. The molecule has 0 aliphatic carbocycles. The maximum absolute atomic E-state index is 6.23. The Morgan fingerprint density at radius 3 is 1.38 bits per heavy atom. The van der Waals surface area contributed by atoms with Crippen molar-refractivity contribution in [3.8, 4) is 11.5 Å². The van der Waals surface area contributed by atoms with Crippen LogP contribution in [0.1, 0.15) is 22.3 Å². The molecule has 6 heteroatoms. The average molecular weight is 709 g/mol. The van der Waals surface area contributed by atoms with Crippen LogP contribution >= 0.6 is 68.4 Å². The normalized spacial score (nSPS) is 15.1. The number of rotatable bonds is 2. The van der Waals surface area contributed by atoms with E-state index in [1.165, 1.54) is 11.1 Å². The van der Waals surface area contributed by atoms with Crippen LogP contribution in [-0.4, -0.2) is 13.2 Å². The maximum Gasteiger partial charge on any atom is 0.128 e. The van der Waals surface area contributed by atoms with E-state index in [9.17, 15) is 0 Å². The Kier molecular flexibility index (Phi) is 6.04. The summed E-state index contributed by atoms with van der Waals surface area (Å²) in [5.41, 5.74) is 6.77. The van der Waals surface area contributed by atoms with Crippen molar-refractivity contribution in [2.45, 2.75) is 0 Å². The van der Waals surface area contributed by atoms with Gasteiger partial charge in [-0.15, -0.1) is 0 Å². The zero-order chi connectivity index (χ0) is 23.4. The standard InChI is InChI=1S/C28H16Cl2I2O2/c29-18-7-1-15(2-8-18)24-20(31)13-33-22-11-5-17-6-12-23-28(26(17)27(22)24)25(21(32)14-34-23)16-3-9-19(30)10-4-16/h1-12H,13-14H2. The van der Waals surface area contributed by atoms with Gasteiger partial charge in [0.05, 0.1) is 0 Å². The second kappa shape index (κ2) is 9.04. The zero-order valence-corrected chi connectivity index (χ0v) is 23.5. The van der Waals surface area contributed by atoms with Crippen molar-refractivity contribution in [2.75, 3.05) is 13.2 Å². The van der Waals surface area contributed by atoms with Gasteiger partial charge in [-0.1, -0.05) is 59.6 Å². The molecule has 4 aromatic rings. The van der Waals surface area contributed by atoms with E-state index in [4.69, 9.17) is 32.7 Å². The third-order valence-electron chi connectivity index (χ3n) is 6.13. The molecule has 34 heavy (non-hydrogen) atoms. The predicted octanol–water partition coefficient (Wildman–Crippen LogP) is 9.32. The first kappa shape index (κ1) is 22.7. The summed E-state index contributed by atoms with van der Waals surface area (Å²) in [5.74, 6) is 1.75. The highest BCUT2D eigenvalue weighted by molar-refractivity contribution is 14.1. The van der Waals surface area contributed by atoms with Gasteiger partial charge in [-0.2, -0.15) is 0 Å². The van der Waals surface area contributed by atoms with Crippen LogP contribution in [0.3, 0.4) is 0 Å². The largest absolute Gasteiger partial charge is 0.488 e. The summed E-state index contributed by atoms with van der Waals surface area (Å²) in [5, 5.41) is 3.71. The summed E-state index contributed by atoms with van der Waals surface area (Å²) in [4.78, 5) is 0. The second-order valence-electron chi connectivity index (χ2n) is 8.13. The lowest BCUT2D eigenvalue weighted by Gasteiger charge is -2.28. The minimum Gasteiger partial charge on any atom is -0.488 e. The predicted molar refractivity (Wildman–Crippen MR) is 158 cm³/mol. The summed E-state index contributed by atoms with van der Waals surface area (Å²) in [7, 11) is 0. The van der Waals surface area contributed by atoms with Crippen molar-refractivity contribution >= 4 is 90.3 Å². The van der Waals surface area contributed by atoms with E-state index in [0.29, 0.717) is 13.2 Å². The van der Waals surface area contributed by atoms with Crippen molar-refractivity contribution in [1.29, 1.82) is 0 Å². The minimum atomic E-state index is 0.542. The molecule has 0 atom stereocenters. The number of hydrogen-bond donors (Lipinski definition) is 0. The quantitative estimate of drug-likeness (QED) is 0.193. The van der Waals surface area contributed by atoms with Crippen LogP contribution in [-0.2, 0) is 0 Å². The van der Waals surface area contributed by atoms with Crippen LogP contribution in [0, 0.1) is 0 Å². The molecule has 2 aliphatic rings. The highest BCUT2D eigenvalue weighted by Gasteiger charge is 2.29. The molecule has 6 rings (SSSR count). The Hall–Kier alpha value is -1.74. The number of ether oxygens (including phenoxy) is 2. The van der Waals surface area contributed by atoms with Crippen LogP contribution in [0.2, 0.25) is 10.0 Å². The van der Waals surface area contributed by atoms with E-state index in [2.05, 4.69) is 93.7 Å². The van der Waals surface area contributed by atoms with E-state index in [1.54, 1.807) is 0 Å². The van der Waals surface area contributed by atoms with Crippen LogP contribution < -0.4 is 9.47 Å². The molecule has 2 aliphatic heterocycles. The van der Waals surface area contributed by atoms with Crippen LogP contribution in [0.5, 0.6) is 11.5 Å². The molecular formula is C28H16Cl2I2O2. The van der Waals surface area contributed by atoms with Gasteiger partial charge in [0, 0.05) is 44.9 Å². The molecule has 168 valence electrons. The van der Waals surface area contributed by atoms with E-state index >= 15 is 0 Å². The maximum atomic E-state index is 6.23. The van der Waals surface area contributed by atoms with Crippen molar-refractivity contribution < 1.29 is 9.47 Å². The Bertz CT molecular complexity index is 1410. The van der Waals surface area contributed by atoms with Gasteiger partial charge in [0.25, 0.3) is 0 Å². The van der Waals surface area contributed by atoms with Gasteiger partial charge >= 0.3 is 0 Å². The molecule has 0 fully saturated rings. The van der Waals surface area contributed by atoms with Crippen molar-refractivity contribution in [1.82, 2.24) is 0 Å². The topological polar surface area (TPSA) is 18.5 Å². The van der Waals surface area contributed by atoms with E-state index in [0.717, 1.165) is 61.7 Å². The Morgan fingerprint density at radius 1 is 0.559 bits per heavy atom. The zero-order valence-electron chi connectivity index (χ0n) is 17.7. The van der Waals surface area contributed by atoms with Crippen molar-refractivity contribution in [2.24, 2.45) is 0 Å². The molecule has 2 nitrogen and oxygen atoms in total. The fourth-order valence-electron chi connectivity index (χ4n) is 4.65. The van der Waals surface area contributed by atoms with Crippen molar-refractivity contribution in [3.05, 3.63) is 112 Å². The van der Waals surface area contributed by atoms with Gasteiger partial charge in [0.2, 0.25) is 0 Å². The Morgan fingerprint density at radius 2 is 0.971 bits per heavy atom. The number of hydrogen-bond acceptors (Lipinski definition) is 2. The number of fused-ring (bicyclic) bond motifs is 5. The molecule has 0 amide bonds. The lowest BCUT2D eigenvalue weighted by Crippen LogP contribution is -2.13. The molecule has 0 radical (unpaired) electrons. The van der Waals surface area contributed by atoms with Gasteiger partial charge < -0.3 is 9.47 Å². The summed E-state index contributed by atoms with van der Waals surface area (Å²) in [6.07, 6.45) is 0. The molecule has 0 aromatic heterocycles. The molecule has 2 heterocycles. The highest BCUT2D eigenvalue weighted by Crippen LogP contribution is 2.50. The number of benzene rings is 4. The fraction of sp³-hybridized carbons (Fsp3) is 0.0714. The van der Waals surface area contributed by atoms with Gasteiger partial charge in [-0.3, -0.25) is 0 Å². The summed E-state index contributed by atoms with van der Waals surface area (Å²) in [6, 6.07) is 24.5. The van der Waals surface area contributed by atoms with Gasteiger partial charge in [-0.25, -0.2) is 0 Å². The molecule has 4 aromatic carbocycles. The minimum absolute atomic E-state index is 0.542. The second-order valence-corrected chi connectivity index (χ2v) is 11.6. The fourth-order valence-corrected chi connectivity index (χ4v) is 6.38. The SMILES string of the molecule is Clc1ccc(C2=C(I)COc3ccc4ccc5c(c4c32)C(c2ccc(Cl)cc2)=C(I)CO5)cc1. The monoisotopic (exact) mass is 708 g/mol. The molecule has 0 bridgehead atoms. The molecule has 0 unspecified atom stereocenters. The third kappa shape index (κ3) is 3.83. The Labute approximate surface area is 234 Å². The van der Waals surface area contributed by atoms with Gasteiger partial charge in [0.1, 0.15) is 24.7 Å². The van der Waals surface area contributed by atoms with Gasteiger partial charge in [0.15, 0.2) is 0 Å². The van der Waals surface area contributed by atoms with Crippen LogP contribution in [0.4, 0.5) is 0 Å². The van der Waals surface area contributed by atoms with Crippen LogP contribution in [0.25, 0.3) is 21.9 Å². The molecular weight excluding hydrogens is 693 g/mol. The first-order chi connectivity index (χ1) is 16.5. The third-order valence-corrected chi connectivity index (χ3v) is 8.33. The van der Waals surface area contributed by atoms with E-state index in [1.807, 2.05) is 24.3 Å². The van der Waals surface area contributed by atoms with E-state index in [-0.39, 0.29) is 0 Å². The lowest BCUT2D eigenvalue weighted by atomic mass is 9.84. The molecule has 0 spiro atoms. The first-order valence-electron chi connectivity index (χ1n) is 10.7. The highest BCUT2D eigenvalue weighted by atomic mass is 127. The van der Waals surface area contributed by atoms with Crippen molar-refractivity contribution in [3.63, 3.8) is 0 Å². The lowest BCUT2D eigenvalue weighted by molar-refractivity contribution is 0.355. The average Bonchev–Trinajstić information content (AvgIpc) is 2.85. The number of halogens is 4. The Balaban J connectivity index is 1.71. The summed E-state index contributed by atoms with van der Waals surface area (Å²) in [6.45, 7) is 1.08. The smallest absolute Gasteiger partial charge is 0.128 e. The molecule has 0 N–H and O–H groups in total.